The van der Waals surface area contributed by atoms with E-state index >= 15 is 0 Å². The first-order chi connectivity index (χ1) is 7.59. The molecule has 1 fully saturated rings. The van der Waals surface area contributed by atoms with E-state index in [4.69, 9.17) is 0 Å². The van der Waals surface area contributed by atoms with Gasteiger partial charge in [0.1, 0.15) is 5.82 Å². The summed E-state index contributed by atoms with van der Waals surface area (Å²) in [5, 5.41) is 0. The van der Waals surface area contributed by atoms with Crippen molar-refractivity contribution in [3.05, 3.63) is 33.5 Å². The summed E-state index contributed by atoms with van der Waals surface area (Å²) >= 11 is 3.24. The van der Waals surface area contributed by atoms with Crippen LogP contribution in [0, 0.1) is 12.7 Å². The normalized spacial score (nSPS) is 15.6. The lowest BCUT2D eigenvalue weighted by molar-refractivity contribution is 0.0792. The van der Waals surface area contributed by atoms with Crippen LogP contribution >= 0.6 is 15.9 Å². The van der Waals surface area contributed by atoms with Gasteiger partial charge in [0.05, 0.1) is 5.56 Å². The average molecular weight is 286 g/mol. The van der Waals surface area contributed by atoms with Crippen LogP contribution in [0.15, 0.2) is 16.6 Å². The summed E-state index contributed by atoms with van der Waals surface area (Å²) in [6.45, 7) is 3.28. The number of hydrogen-bond acceptors (Lipinski definition) is 1. The molecule has 1 aromatic carbocycles. The maximum Gasteiger partial charge on any atom is 0.255 e. The zero-order chi connectivity index (χ0) is 11.7. The Bertz CT molecular complexity index is 427. The van der Waals surface area contributed by atoms with Crippen molar-refractivity contribution < 1.29 is 9.18 Å². The summed E-state index contributed by atoms with van der Waals surface area (Å²) in [7, 11) is 0. The maximum absolute atomic E-state index is 13.2. The van der Waals surface area contributed by atoms with Crippen LogP contribution in [0.5, 0.6) is 0 Å². The van der Waals surface area contributed by atoms with Gasteiger partial charge in [-0.15, -0.1) is 0 Å². The molecular weight excluding hydrogens is 273 g/mol. The van der Waals surface area contributed by atoms with E-state index in [9.17, 15) is 9.18 Å². The Hall–Kier alpha value is -0.900. The Labute approximate surface area is 103 Å². The fourth-order valence-corrected chi connectivity index (χ4v) is 2.40. The first-order valence-corrected chi connectivity index (χ1v) is 6.14. The lowest BCUT2D eigenvalue weighted by Gasteiger charge is -2.16. The number of amides is 1. The Kier molecular flexibility index (Phi) is 3.28. The summed E-state index contributed by atoms with van der Waals surface area (Å²) in [6.07, 6.45) is 2.12. The molecule has 4 heteroatoms. The van der Waals surface area contributed by atoms with Crippen molar-refractivity contribution in [1.82, 2.24) is 4.90 Å². The highest BCUT2D eigenvalue weighted by Gasteiger charge is 2.22. The first kappa shape index (κ1) is 11.6. The standard InChI is InChI=1S/C12H13BrFNO/c1-8-6-9(10(13)7-11(8)14)12(16)15-4-2-3-5-15/h6-7H,2-5H2,1H3. The minimum absolute atomic E-state index is 0.00697. The summed E-state index contributed by atoms with van der Waals surface area (Å²) in [6, 6.07) is 2.97. The van der Waals surface area contributed by atoms with Gasteiger partial charge >= 0.3 is 0 Å². The predicted octanol–water partition coefficient (Wildman–Crippen LogP) is 3.13. The molecule has 1 aromatic rings. The van der Waals surface area contributed by atoms with Crippen molar-refractivity contribution in [3.63, 3.8) is 0 Å². The number of likely N-dealkylation sites (tertiary alicyclic amines) is 1. The lowest BCUT2D eigenvalue weighted by atomic mass is 10.1. The molecule has 0 atom stereocenters. The fraction of sp³-hybridized carbons (Fsp3) is 0.417. The molecule has 0 bridgehead atoms. The largest absolute Gasteiger partial charge is 0.339 e. The molecule has 0 radical (unpaired) electrons. The number of carbonyl (C=O) groups is 1. The highest BCUT2D eigenvalue weighted by atomic mass is 79.9. The SMILES string of the molecule is Cc1cc(C(=O)N2CCCC2)c(Br)cc1F. The summed E-state index contributed by atoms with van der Waals surface area (Å²) < 4.78 is 13.8. The van der Waals surface area contributed by atoms with E-state index < -0.39 is 0 Å². The summed E-state index contributed by atoms with van der Waals surface area (Å²) in [4.78, 5) is 13.9. The van der Waals surface area contributed by atoms with E-state index in [2.05, 4.69) is 15.9 Å². The number of hydrogen-bond donors (Lipinski definition) is 0. The molecule has 2 nitrogen and oxygen atoms in total. The van der Waals surface area contributed by atoms with Gasteiger partial charge in [-0.1, -0.05) is 0 Å². The lowest BCUT2D eigenvalue weighted by Crippen LogP contribution is -2.28. The Morgan fingerprint density at radius 2 is 2.00 bits per heavy atom. The van der Waals surface area contributed by atoms with Crippen molar-refractivity contribution in [3.8, 4) is 0 Å². The zero-order valence-electron chi connectivity index (χ0n) is 9.09. The number of rotatable bonds is 1. The van der Waals surface area contributed by atoms with Crippen molar-refractivity contribution in [1.29, 1.82) is 0 Å². The molecule has 16 heavy (non-hydrogen) atoms. The number of halogens is 2. The smallest absolute Gasteiger partial charge is 0.255 e. The molecule has 0 N–H and O–H groups in total. The third kappa shape index (κ3) is 2.12. The maximum atomic E-state index is 13.2. The molecule has 0 saturated carbocycles. The molecule has 1 amide bonds. The fourth-order valence-electron chi connectivity index (χ4n) is 1.91. The van der Waals surface area contributed by atoms with E-state index in [-0.39, 0.29) is 11.7 Å². The van der Waals surface area contributed by atoms with Crippen LogP contribution in [-0.4, -0.2) is 23.9 Å². The van der Waals surface area contributed by atoms with Crippen molar-refractivity contribution in [2.24, 2.45) is 0 Å². The van der Waals surface area contributed by atoms with E-state index in [0.717, 1.165) is 25.9 Å². The second kappa shape index (κ2) is 4.53. The topological polar surface area (TPSA) is 20.3 Å². The zero-order valence-corrected chi connectivity index (χ0v) is 10.7. The Morgan fingerprint density at radius 3 is 2.62 bits per heavy atom. The van der Waals surface area contributed by atoms with E-state index in [1.807, 2.05) is 4.90 Å². The van der Waals surface area contributed by atoms with Gasteiger partial charge in [-0.3, -0.25) is 4.79 Å². The van der Waals surface area contributed by atoms with Gasteiger partial charge < -0.3 is 4.90 Å². The van der Waals surface area contributed by atoms with E-state index in [0.29, 0.717) is 15.6 Å². The van der Waals surface area contributed by atoms with Gasteiger partial charge in [0, 0.05) is 17.6 Å². The number of nitrogens with zero attached hydrogens (tertiary/aromatic N) is 1. The molecule has 0 unspecified atom stereocenters. The first-order valence-electron chi connectivity index (χ1n) is 5.34. The number of carbonyl (C=O) groups excluding carboxylic acids is 1. The monoisotopic (exact) mass is 285 g/mol. The minimum atomic E-state index is -0.287. The van der Waals surface area contributed by atoms with Gasteiger partial charge in [0.15, 0.2) is 0 Å². The van der Waals surface area contributed by atoms with Gasteiger partial charge in [0.2, 0.25) is 0 Å². The van der Waals surface area contributed by atoms with Crippen molar-refractivity contribution in [2.75, 3.05) is 13.1 Å². The van der Waals surface area contributed by atoms with Crippen LogP contribution in [0.4, 0.5) is 4.39 Å². The predicted molar refractivity (Wildman–Crippen MR) is 64.0 cm³/mol. The Morgan fingerprint density at radius 1 is 1.38 bits per heavy atom. The Balaban J connectivity index is 2.32. The van der Waals surface area contributed by atoms with Crippen LogP contribution in [-0.2, 0) is 0 Å². The molecule has 1 saturated heterocycles. The third-order valence-corrected chi connectivity index (χ3v) is 3.53. The highest BCUT2D eigenvalue weighted by Crippen LogP contribution is 2.23. The van der Waals surface area contributed by atoms with E-state index in [1.54, 1.807) is 13.0 Å². The van der Waals surface area contributed by atoms with Crippen LogP contribution in [0.25, 0.3) is 0 Å². The van der Waals surface area contributed by atoms with E-state index in [1.165, 1.54) is 6.07 Å². The van der Waals surface area contributed by atoms with Gasteiger partial charge in [-0.25, -0.2) is 4.39 Å². The van der Waals surface area contributed by atoms with Crippen LogP contribution in [0.1, 0.15) is 28.8 Å². The van der Waals surface area contributed by atoms with Crippen molar-refractivity contribution >= 4 is 21.8 Å². The average Bonchev–Trinajstić information content (AvgIpc) is 2.75. The third-order valence-electron chi connectivity index (χ3n) is 2.87. The molecule has 1 aliphatic rings. The van der Waals surface area contributed by atoms with Gasteiger partial charge in [-0.2, -0.15) is 0 Å². The van der Waals surface area contributed by atoms with Gasteiger partial charge in [-0.05, 0) is 53.4 Å². The minimum Gasteiger partial charge on any atom is -0.339 e. The van der Waals surface area contributed by atoms with Crippen molar-refractivity contribution in [2.45, 2.75) is 19.8 Å². The van der Waals surface area contributed by atoms with Gasteiger partial charge in [0.25, 0.3) is 5.91 Å². The second-order valence-electron chi connectivity index (χ2n) is 4.08. The van der Waals surface area contributed by atoms with Crippen LogP contribution < -0.4 is 0 Å². The van der Waals surface area contributed by atoms with Crippen LogP contribution in [0.3, 0.4) is 0 Å². The number of aryl methyl sites for hydroxylation is 1. The molecule has 0 aromatic heterocycles. The number of benzene rings is 1. The second-order valence-corrected chi connectivity index (χ2v) is 4.93. The molecule has 86 valence electrons. The molecule has 1 heterocycles. The highest BCUT2D eigenvalue weighted by molar-refractivity contribution is 9.10. The van der Waals surface area contributed by atoms with Crippen LogP contribution in [0.2, 0.25) is 0 Å². The molecular formula is C12H13BrFNO. The molecule has 1 aliphatic heterocycles. The summed E-state index contributed by atoms with van der Waals surface area (Å²) in [5.74, 6) is -0.294. The quantitative estimate of drug-likeness (QED) is 0.776. The molecule has 0 spiro atoms. The summed E-state index contributed by atoms with van der Waals surface area (Å²) in [5.41, 5.74) is 1.06. The molecule has 2 rings (SSSR count). The molecule has 0 aliphatic carbocycles.